The van der Waals surface area contributed by atoms with Gasteiger partial charge in [-0.2, -0.15) is 0 Å². The third kappa shape index (κ3) is 2.41. The van der Waals surface area contributed by atoms with Gasteiger partial charge in [0.25, 0.3) is 0 Å². The zero-order valence-corrected chi connectivity index (χ0v) is 12.7. The Morgan fingerprint density at radius 2 is 2.25 bits per heavy atom. The number of methoxy groups -OCH3 is 1. The fourth-order valence-electron chi connectivity index (χ4n) is 2.47. The third-order valence-electron chi connectivity index (χ3n) is 3.44. The van der Waals surface area contributed by atoms with E-state index in [0.29, 0.717) is 6.61 Å². The molecule has 0 amide bonds. The van der Waals surface area contributed by atoms with E-state index in [1.807, 2.05) is 4.68 Å². The molecule has 0 bridgehead atoms. The summed E-state index contributed by atoms with van der Waals surface area (Å²) in [6.45, 7) is 4.74. The quantitative estimate of drug-likeness (QED) is 0.941. The van der Waals surface area contributed by atoms with Crippen LogP contribution in [0, 0.1) is 13.8 Å². The molecule has 1 aliphatic rings. The van der Waals surface area contributed by atoms with Crippen LogP contribution in [0.4, 0.5) is 0 Å². The first-order valence-electron chi connectivity index (χ1n) is 6.58. The van der Waals surface area contributed by atoms with Crippen LogP contribution in [0.25, 0.3) is 0 Å². The minimum absolute atomic E-state index is 0.264. The number of aryl methyl sites for hydroxylation is 2. The van der Waals surface area contributed by atoms with E-state index in [2.05, 4.69) is 47.7 Å². The van der Waals surface area contributed by atoms with E-state index in [1.54, 1.807) is 18.9 Å². The predicted molar refractivity (Wildman–Crippen MR) is 79.5 cm³/mol. The molecular formula is C14H18N4OS. The first-order chi connectivity index (χ1) is 9.69. The number of thioether (sulfide) groups is 1. The Labute approximate surface area is 122 Å². The lowest BCUT2D eigenvalue weighted by atomic mass is 10.0. The number of hydrogen-bond donors (Lipinski definition) is 1. The number of hydrogen-bond acceptors (Lipinski definition) is 5. The summed E-state index contributed by atoms with van der Waals surface area (Å²) < 4.78 is 7.11. The summed E-state index contributed by atoms with van der Waals surface area (Å²) in [6, 6.07) is 6.85. The maximum Gasteiger partial charge on any atom is 0.210 e. The van der Waals surface area contributed by atoms with Gasteiger partial charge in [-0.3, -0.25) is 0 Å². The largest absolute Gasteiger partial charge is 0.377 e. The number of benzene rings is 1. The standard InChI is InChI=1S/C14H18N4OS/c1-9-4-5-11(10(2)6-9)12-8-20-14-16-15-13(7-19-3)18(14)17-12/h4-6,12,17H,7-8H2,1-3H3. The number of nitrogens with zero attached hydrogens (tertiary/aromatic N) is 3. The topological polar surface area (TPSA) is 52.0 Å². The van der Waals surface area contributed by atoms with E-state index in [9.17, 15) is 0 Å². The van der Waals surface area contributed by atoms with Gasteiger partial charge in [-0.25, -0.2) is 4.68 Å². The van der Waals surface area contributed by atoms with E-state index in [4.69, 9.17) is 4.74 Å². The van der Waals surface area contributed by atoms with Gasteiger partial charge in [-0.1, -0.05) is 35.5 Å². The maximum atomic E-state index is 5.16. The zero-order chi connectivity index (χ0) is 14.1. The molecule has 5 nitrogen and oxygen atoms in total. The molecule has 20 heavy (non-hydrogen) atoms. The lowest BCUT2D eigenvalue weighted by Gasteiger charge is -2.27. The Morgan fingerprint density at radius 3 is 3.00 bits per heavy atom. The second kappa shape index (κ2) is 5.46. The summed E-state index contributed by atoms with van der Waals surface area (Å²) >= 11 is 1.72. The zero-order valence-electron chi connectivity index (χ0n) is 11.9. The van der Waals surface area contributed by atoms with Crippen molar-refractivity contribution >= 4 is 11.8 Å². The highest BCUT2D eigenvalue weighted by Gasteiger charge is 2.24. The third-order valence-corrected chi connectivity index (χ3v) is 4.46. The van der Waals surface area contributed by atoms with Crippen molar-refractivity contribution in [1.82, 2.24) is 14.9 Å². The van der Waals surface area contributed by atoms with Crippen LogP contribution < -0.4 is 5.43 Å². The molecule has 6 heteroatoms. The smallest absolute Gasteiger partial charge is 0.210 e. The monoisotopic (exact) mass is 290 g/mol. The molecule has 0 saturated carbocycles. The van der Waals surface area contributed by atoms with Gasteiger partial charge in [0.1, 0.15) is 6.61 Å². The normalized spacial score (nSPS) is 17.6. The molecule has 1 aromatic carbocycles. The predicted octanol–water partition coefficient (Wildman–Crippen LogP) is 2.43. The van der Waals surface area contributed by atoms with Crippen molar-refractivity contribution in [3.05, 3.63) is 40.7 Å². The van der Waals surface area contributed by atoms with Crippen LogP contribution in [0.2, 0.25) is 0 Å². The van der Waals surface area contributed by atoms with Crippen molar-refractivity contribution in [2.75, 3.05) is 18.3 Å². The van der Waals surface area contributed by atoms with Crippen molar-refractivity contribution in [3.8, 4) is 0 Å². The minimum Gasteiger partial charge on any atom is -0.377 e. The Balaban J connectivity index is 1.89. The van der Waals surface area contributed by atoms with Crippen LogP contribution in [-0.4, -0.2) is 27.7 Å². The van der Waals surface area contributed by atoms with E-state index in [-0.39, 0.29) is 6.04 Å². The summed E-state index contributed by atoms with van der Waals surface area (Å²) in [5.74, 6) is 1.76. The van der Waals surface area contributed by atoms with Crippen LogP contribution in [-0.2, 0) is 11.3 Å². The van der Waals surface area contributed by atoms with E-state index in [0.717, 1.165) is 16.7 Å². The van der Waals surface area contributed by atoms with Crippen molar-refractivity contribution in [2.24, 2.45) is 0 Å². The van der Waals surface area contributed by atoms with Crippen molar-refractivity contribution in [1.29, 1.82) is 0 Å². The van der Waals surface area contributed by atoms with E-state index < -0.39 is 0 Å². The first kappa shape index (κ1) is 13.5. The molecular weight excluding hydrogens is 272 g/mol. The summed E-state index contributed by atoms with van der Waals surface area (Å²) in [6.07, 6.45) is 0. The van der Waals surface area contributed by atoms with Gasteiger partial charge in [0.05, 0.1) is 6.04 Å². The molecule has 1 N–H and O–H groups in total. The van der Waals surface area contributed by atoms with Crippen LogP contribution in [0.1, 0.15) is 28.6 Å². The van der Waals surface area contributed by atoms with E-state index >= 15 is 0 Å². The number of fused-ring (bicyclic) bond motifs is 1. The summed E-state index contributed by atoms with van der Waals surface area (Å²) in [4.78, 5) is 0. The van der Waals surface area contributed by atoms with Crippen LogP contribution in [0.5, 0.6) is 0 Å². The molecule has 0 fully saturated rings. The lowest BCUT2D eigenvalue weighted by molar-refractivity contribution is 0.174. The van der Waals surface area contributed by atoms with E-state index in [1.165, 1.54) is 16.7 Å². The molecule has 0 saturated heterocycles. The first-order valence-corrected chi connectivity index (χ1v) is 7.57. The molecule has 1 atom stereocenters. The summed E-state index contributed by atoms with van der Waals surface area (Å²) in [7, 11) is 1.67. The molecule has 3 rings (SSSR count). The van der Waals surface area contributed by atoms with Gasteiger partial charge in [0.15, 0.2) is 5.82 Å². The molecule has 2 heterocycles. The second-order valence-electron chi connectivity index (χ2n) is 5.02. The van der Waals surface area contributed by atoms with Gasteiger partial charge in [0.2, 0.25) is 5.16 Å². The average Bonchev–Trinajstić information content (AvgIpc) is 2.82. The molecule has 1 unspecified atom stereocenters. The van der Waals surface area contributed by atoms with Crippen LogP contribution in [0.3, 0.4) is 0 Å². The maximum absolute atomic E-state index is 5.16. The number of ether oxygens (including phenoxy) is 1. The Bertz CT molecular complexity index is 626. The lowest BCUT2D eigenvalue weighted by Crippen LogP contribution is -2.29. The molecule has 1 aliphatic heterocycles. The Morgan fingerprint density at radius 1 is 1.40 bits per heavy atom. The highest BCUT2D eigenvalue weighted by Crippen LogP contribution is 2.31. The highest BCUT2D eigenvalue weighted by atomic mass is 32.2. The second-order valence-corrected chi connectivity index (χ2v) is 6.01. The Hall–Kier alpha value is -1.53. The fraction of sp³-hybridized carbons (Fsp3) is 0.429. The fourth-order valence-corrected chi connectivity index (χ4v) is 3.43. The molecule has 0 aliphatic carbocycles. The van der Waals surface area contributed by atoms with Gasteiger partial charge in [-0.15, -0.1) is 10.2 Å². The molecule has 1 aromatic heterocycles. The van der Waals surface area contributed by atoms with Crippen LogP contribution in [0.15, 0.2) is 23.4 Å². The highest BCUT2D eigenvalue weighted by molar-refractivity contribution is 7.99. The van der Waals surface area contributed by atoms with Gasteiger partial charge >= 0.3 is 0 Å². The Kier molecular flexibility index (Phi) is 3.67. The van der Waals surface area contributed by atoms with Crippen molar-refractivity contribution in [2.45, 2.75) is 31.7 Å². The molecule has 106 valence electrons. The van der Waals surface area contributed by atoms with Crippen LogP contribution >= 0.6 is 11.8 Å². The summed E-state index contributed by atoms with van der Waals surface area (Å²) in [5, 5.41) is 9.23. The average molecular weight is 290 g/mol. The number of aromatic nitrogens is 3. The number of rotatable bonds is 3. The minimum atomic E-state index is 0.264. The summed E-state index contributed by atoms with van der Waals surface area (Å²) in [5.41, 5.74) is 7.43. The molecule has 0 spiro atoms. The molecule has 0 radical (unpaired) electrons. The van der Waals surface area contributed by atoms with Gasteiger partial charge in [0, 0.05) is 12.9 Å². The van der Waals surface area contributed by atoms with Crippen molar-refractivity contribution in [3.63, 3.8) is 0 Å². The van der Waals surface area contributed by atoms with Gasteiger partial charge in [-0.05, 0) is 25.0 Å². The van der Waals surface area contributed by atoms with Crippen molar-refractivity contribution < 1.29 is 4.74 Å². The number of nitrogens with one attached hydrogen (secondary N) is 1. The van der Waals surface area contributed by atoms with Gasteiger partial charge < -0.3 is 10.2 Å². The molecule has 2 aromatic rings. The SMILES string of the molecule is COCc1nnc2n1NC(c1ccc(C)cc1C)CS2.